The van der Waals surface area contributed by atoms with Gasteiger partial charge < -0.3 is 10.0 Å². The number of aryl methyl sites for hydroxylation is 1. The Morgan fingerprint density at radius 2 is 2.42 bits per heavy atom. The van der Waals surface area contributed by atoms with Gasteiger partial charge in [-0.15, -0.1) is 0 Å². The highest BCUT2D eigenvalue weighted by Crippen LogP contribution is 2.00. The van der Waals surface area contributed by atoms with Gasteiger partial charge >= 0.3 is 7.12 Å². The highest BCUT2D eigenvalue weighted by molar-refractivity contribution is 6.48. The van der Waals surface area contributed by atoms with Gasteiger partial charge in [-0.1, -0.05) is 5.98 Å². The molecular formula is C7H11BN2O2. The van der Waals surface area contributed by atoms with Crippen molar-refractivity contribution in [2.24, 2.45) is 0 Å². The van der Waals surface area contributed by atoms with Crippen LogP contribution in [0.1, 0.15) is 12.6 Å². The first-order valence-electron chi connectivity index (χ1n) is 3.80. The first-order chi connectivity index (χ1) is 5.74. The van der Waals surface area contributed by atoms with Gasteiger partial charge in [0.25, 0.3) is 0 Å². The van der Waals surface area contributed by atoms with E-state index in [1.807, 2.05) is 13.0 Å². The van der Waals surface area contributed by atoms with E-state index in [4.69, 9.17) is 10.0 Å². The molecule has 1 rings (SSSR count). The summed E-state index contributed by atoms with van der Waals surface area (Å²) >= 11 is 0. The van der Waals surface area contributed by atoms with Crippen LogP contribution in [0, 0.1) is 0 Å². The average molecular weight is 166 g/mol. The molecule has 1 aromatic heterocycles. The van der Waals surface area contributed by atoms with Crippen molar-refractivity contribution >= 4 is 13.2 Å². The van der Waals surface area contributed by atoms with Crippen LogP contribution in [-0.4, -0.2) is 26.9 Å². The van der Waals surface area contributed by atoms with Crippen LogP contribution in [0.2, 0.25) is 0 Å². The van der Waals surface area contributed by atoms with Crippen molar-refractivity contribution in [2.75, 3.05) is 0 Å². The van der Waals surface area contributed by atoms with Crippen LogP contribution in [-0.2, 0) is 6.54 Å². The fourth-order valence-corrected chi connectivity index (χ4v) is 0.933. The zero-order valence-corrected chi connectivity index (χ0v) is 6.88. The molecule has 4 nitrogen and oxygen atoms in total. The summed E-state index contributed by atoms with van der Waals surface area (Å²) in [6.45, 7) is 2.74. The molecule has 0 spiro atoms. The maximum atomic E-state index is 8.55. The normalized spacial score (nSPS) is 10.9. The second-order valence-electron chi connectivity index (χ2n) is 2.34. The molecule has 12 heavy (non-hydrogen) atoms. The van der Waals surface area contributed by atoms with Gasteiger partial charge in [0.1, 0.15) is 0 Å². The van der Waals surface area contributed by atoms with E-state index in [0.29, 0.717) is 0 Å². The molecule has 0 fully saturated rings. The average Bonchev–Trinajstić information content (AvgIpc) is 2.47. The molecule has 0 atom stereocenters. The first-order valence-corrected chi connectivity index (χ1v) is 3.80. The third-order valence-corrected chi connectivity index (χ3v) is 1.49. The lowest BCUT2D eigenvalue weighted by molar-refractivity contribution is 0.424. The largest absolute Gasteiger partial charge is 0.480 e. The summed E-state index contributed by atoms with van der Waals surface area (Å²) in [5, 5.41) is 21.1. The fourth-order valence-electron chi connectivity index (χ4n) is 0.933. The molecular weight excluding hydrogens is 155 g/mol. The molecule has 0 bridgehead atoms. The van der Waals surface area contributed by atoms with E-state index in [2.05, 4.69) is 5.10 Å². The Kier molecular flexibility index (Phi) is 3.07. The molecule has 1 aromatic rings. The maximum Gasteiger partial charge on any atom is 0.480 e. The topological polar surface area (TPSA) is 58.3 Å². The lowest BCUT2D eigenvalue weighted by Gasteiger charge is -1.97. The summed E-state index contributed by atoms with van der Waals surface area (Å²) < 4.78 is 1.76. The van der Waals surface area contributed by atoms with Crippen LogP contribution in [0.3, 0.4) is 0 Å². The molecule has 2 N–H and O–H groups in total. The van der Waals surface area contributed by atoms with Crippen molar-refractivity contribution in [3.05, 3.63) is 23.9 Å². The van der Waals surface area contributed by atoms with Gasteiger partial charge in [-0.3, -0.25) is 4.68 Å². The monoisotopic (exact) mass is 166 g/mol. The lowest BCUT2D eigenvalue weighted by atomic mass is 9.91. The predicted molar refractivity (Wildman–Crippen MR) is 47.1 cm³/mol. The molecule has 0 aliphatic rings. The molecule has 0 unspecified atom stereocenters. The summed E-state index contributed by atoms with van der Waals surface area (Å²) in [7, 11) is -1.40. The highest BCUT2D eigenvalue weighted by Gasteiger charge is 2.00. The molecule has 0 saturated heterocycles. The Bertz CT molecular complexity index is 270. The number of nitrogens with zero attached hydrogens (tertiary/aromatic N) is 2. The smallest absolute Gasteiger partial charge is 0.424 e. The van der Waals surface area contributed by atoms with Crippen LogP contribution in [0.25, 0.3) is 6.08 Å². The summed E-state index contributed by atoms with van der Waals surface area (Å²) in [5.41, 5.74) is 0.866. The first kappa shape index (κ1) is 9.03. The molecule has 0 saturated carbocycles. The van der Waals surface area contributed by atoms with Crippen LogP contribution < -0.4 is 0 Å². The second kappa shape index (κ2) is 4.08. The summed E-state index contributed by atoms with van der Waals surface area (Å²) in [5.74, 6) is 1.29. The highest BCUT2D eigenvalue weighted by atomic mass is 16.4. The van der Waals surface area contributed by atoms with Crippen molar-refractivity contribution in [3.63, 3.8) is 0 Å². The fraction of sp³-hybridized carbons (Fsp3) is 0.286. The van der Waals surface area contributed by atoms with Crippen molar-refractivity contribution in [1.29, 1.82) is 0 Å². The molecule has 0 aliphatic carbocycles. The standard InChI is InChI=1S/C7H11BN2O2/c1-2-10-7(4-6-9-10)3-5-8(11)12/h3-6,11-12H,2H2,1H3/b5-3+. The molecule has 64 valence electrons. The molecule has 0 aromatic carbocycles. The SMILES string of the molecule is CCn1nccc1/C=C/B(O)O. The third kappa shape index (κ3) is 2.22. The summed E-state index contributed by atoms with van der Waals surface area (Å²) in [4.78, 5) is 0. The van der Waals surface area contributed by atoms with Gasteiger partial charge in [0.2, 0.25) is 0 Å². The Morgan fingerprint density at radius 3 is 3.00 bits per heavy atom. The van der Waals surface area contributed by atoms with E-state index in [1.165, 1.54) is 5.98 Å². The molecule has 0 aliphatic heterocycles. The lowest BCUT2D eigenvalue weighted by Crippen LogP contribution is -2.06. The van der Waals surface area contributed by atoms with Gasteiger partial charge in [0, 0.05) is 12.7 Å². The van der Waals surface area contributed by atoms with Crippen molar-refractivity contribution in [1.82, 2.24) is 9.78 Å². The van der Waals surface area contributed by atoms with Crippen LogP contribution in [0.15, 0.2) is 18.2 Å². The number of hydrogen-bond acceptors (Lipinski definition) is 3. The van der Waals surface area contributed by atoms with E-state index in [9.17, 15) is 0 Å². The number of aromatic nitrogens is 2. The molecule has 0 radical (unpaired) electrons. The Labute approximate surface area is 71.3 Å². The van der Waals surface area contributed by atoms with E-state index < -0.39 is 7.12 Å². The van der Waals surface area contributed by atoms with Crippen LogP contribution >= 0.6 is 0 Å². The number of hydrogen-bond donors (Lipinski definition) is 2. The van der Waals surface area contributed by atoms with E-state index in [-0.39, 0.29) is 0 Å². The minimum absolute atomic E-state index is 0.772. The van der Waals surface area contributed by atoms with E-state index >= 15 is 0 Å². The Balaban J connectivity index is 2.74. The zero-order chi connectivity index (χ0) is 8.97. The Hall–Kier alpha value is -1.07. The second-order valence-corrected chi connectivity index (χ2v) is 2.34. The maximum absolute atomic E-state index is 8.55. The van der Waals surface area contributed by atoms with E-state index in [1.54, 1.807) is 17.0 Å². The summed E-state index contributed by atoms with van der Waals surface area (Å²) in [6, 6.07) is 1.81. The van der Waals surface area contributed by atoms with Gasteiger partial charge in [-0.2, -0.15) is 5.10 Å². The van der Waals surface area contributed by atoms with Crippen molar-refractivity contribution < 1.29 is 10.0 Å². The molecule has 5 heteroatoms. The van der Waals surface area contributed by atoms with E-state index in [0.717, 1.165) is 12.2 Å². The van der Waals surface area contributed by atoms with Gasteiger partial charge in [0.15, 0.2) is 0 Å². The molecule has 0 amide bonds. The number of rotatable bonds is 3. The zero-order valence-electron chi connectivity index (χ0n) is 6.88. The quantitative estimate of drug-likeness (QED) is 0.617. The van der Waals surface area contributed by atoms with Gasteiger partial charge in [-0.25, -0.2) is 0 Å². The van der Waals surface area contributed by atoms with Gasteiger partial charge in [0.05, 0.1) is 5.69 Å². The predicted octanol–water partition coefficient (Wildman–Crippen LogP) is -0.0718. The van der Waals surface area contributed by atoms with Crippen molar-refractivity contribution in [3.8, 4) is 0 Å². The summed E-state index contributed by atoms with van der Waals surface area (Å²) in [6.07, 6.45) is 3.30. The van der Waals surface area contributed by atoms with Crippen LogP contribution in [0.5, 0.6) is 0 Å². The minimum atomic E-state index is -1.40. The third-order valence-electron chi connectivity index (χ3n) is 1.49. The van der Waals surface area contributed by atoms with Crippen LogP contribution in [0.4, 0.5) is 0 Å². The minimum Gasteiger partial charge on any atom is -0.424 e. The molecule has 1 heterocycles. The van der Waals surface area contributed by atoms with Crippen molar-refractivity contribution in [2.45, 2.75) is 13.5 Å². The Morgan fingerprint density at radius 1 is 1.67 bits per heavy atom. The van der Waals surface area contributed by atoms with Gasteiger partial charge in [-0.05, 0) is 19.1 Å².